The van der Waals surface area contributed by atoms with Gasteiger partial charge in [-0.25, -0.2) is 0 Å². The lowest BCUT2D eigenvalue weighted by atomic mass is 9.81. The third-order valence-corrected chi connectivity index (χ3v) is 4.60. The molecule has 0 aliphatic heterocycles. The summed E-state index contributed by atoms with van der Waals surface area (Å²) in [4.78, 5) is 0. The van der Waals surface area contributed by atoms with Crippen LogP contribution in [0.15, 0.2) is 36.4 Å². The number of benzene rings is 2. The third kappa shape index (κ3) is 2.33. The summed E-state index contributed by atoms with van der Waals surface area (Å²) in [6, 6.07) is 15.3. The zero-order chi connectivity index (χ0) is 16.1. The number of hydrogen-bond acceptors (Lipinski definition) is 1. The van der Waals surface area contributed by atoms with E-state index in [-0.39, 0.29) is 10.8 Å². The molecular weight excluding hydrogens is 266 g/mol. The van der Waals surface area contributed by atoms with Gasteiger partial charge in [-0.2, -0.15) is 5.26 Å². The fourth-order valence-electron chi connectivity index (χ4n) is 3.59. The summed E-state index contributed by atoms with van der Waals surface area (Å²) in [5.41, 5.74) is 7.66. The van der Waals surface area contributed by atoms with E-state index in [1.807, 2.05) is 6.07 Å². The lowest BCUT2D eigenvalue weighted by Crippen LogP contribution is -2.15. The molecule has 0 heterocycles. The molecule has 1 aliphatic carbocycles. The molecule has 1 aliphatic rings. The Labute approximate surface area is 133 Å². The molecule has 3 rings (SSSR count). The van der Waals surface area contributed by atoms with Crippen LogP contribution in [0.4, 0.5) is 0 Å². The van der Waals surface area contributed by atoms with E-state index in [2.05, 4.69) is 71.0 Å². The molecule has 0 spiro atoms. The van der Waals surface area contributed by atoms with Crippen molar-refractivity contribution in [3.05, 3.63) is 58.7 Å². The summed E-state index contributed by atoms with van der Waals surface area (Å²) in [5, 5.41) is 9.18. The van der Waals surface area contributed by atoms with E-state index in [0.29, 0.717) is 0 Å². The molecule has 0 atom stereocenters. The molecule has 112 valence electrons. The highest BCUT2D eigenvalue weighted by Gasteiger charge is 2.35. The zero-order valence-corrected chi connectivity index (χ0v) is 14.1. The predicted molar refractivity (Wildman–Crippen MR) is 91.9 cm³/mol. The summed E-state index contributed by atoms with van der Waals surface area (Å²) < 4.78 is 0. The normalized spacial score (nSPS) is 15.1. The highest BCUT2D eigenvalue weighted by Crippen LogP contribution is 2.49. The molecule has 2 aromatic rings. The first-order valence-electron chi connectivity index (χ1n) is 7.91. The van der Waals surface area contributed by atoms with E-state index in [9.17, 15) is 5.26 Å². The Bertz CT molecular complexity index is 783. The zero-order valence-electron chi connectivity index (χ0n) is 14.1. The number of hydrogen-bond donors (Lipinski definition) is 0. The highest BCUT2D eigenvalue weighted by molar-refractivity contribution is 5.81. The molecule has 0 unspecified atom stereocenters. The average Bonchev–Trinajstić information content (AvgIpc) is 2.65. The molecule has 0 amide bonds. The second-order valence-corrected chi connectivity index (χ2v) is 8.11. The van der Waals surface area contributed by atoms with Crippen LogP contribution in [0.25, 0.3) is 11.1 Å². The monoisotopic (exact) mass is 289 g/mol. The maximum absolute atomic E-state index is 9.18. The fourth-order valence-corrected chi connectivity index (χ4v) is 3.59. The first-order valence-corrected chi connectivity index (χ1v) is 7.91. The van der Waals surface area contributed by atoms with Gasteiger partial charge in [-0.05, 0) is 51.8 Å². The van der Waals surface area contributed by atoms with Gasteiger partial charge < -0.3 is 0 Å². The molecule has 0 fully saturated rings. The van der Waals surface area contributed by atoms with Gasteiger partial charge in [0.05, 0.1) is 11.6 Å². The van der Waals surface area contributed by atoms with Crippen LogP contribution >= 0.6 is 0 Å². The van der Waals surface area contributed by atoms with E-state index in [4.69, 9.17) is 0 Å². The second kappa shape index (κ2) is 4.71. The van der Waals surface area contributed by atoms with Gasteiger partial charge in [0.15, 0.2) is 0 Å². The third-order valence-electron chi connectivity index (χ3n) is 4.60. The van der Waals surface area contributed by atoms with E-state index < -0.39 is 0 Å². The molecule has 0 saturated heterocycles. The summed E-state index contributed by atoms with van der Waals surface area (Å²) in [6.07, 6.45) is 1.08. The van der Waals surface area contributed by atoms with Crippen molar-refractivity contribution in [1.82, 2.24) is 0 Å². The topological polar surface area (TPSA) is 23.8 Å². The smallest absolute Gasteiger partial charge is 0.0991 e. The Morgan fingerprint density at radius 2 is 1.68 bits per heavy atom. The van der Waals surface area contributed by atoms with Gasteiger partial charge in [0.2, 0.25) is 0 Å². The largest absolute Gasteiger partial charge is 0.192 e. The van der Waals surface area contributed by atoms with Crippen molar-refractivity contribution in [3.8, 4) is 17.2 Å². The average molecular weight is 289 g/mol. The van der Waals surface area contributed by atoms with Crippen molar-refractivity contribution in [2.24, 2.45) is 5.41 Å². The lowest BCUT2D eigenvalue weighted by Gasteiger charge is -2.22. The van der Waals surface area contributed by atoms with Crippen molar-refractivity contribution in [2.45, 2.75) is 46.5 Å². The first kappa shape index (κ1) is 14.9. The molecule has 0 bridgehead atoms. The Morgan fingerprint density at radius 1 is 0.955 bits per heavy atom. The molecule has 1 nitrogen and oxygen atoms in total. The number of rotatable bonds is 1. The Balaban J connectivity index is 2.16. The van der Waals surface area contributed by atoms with Crippen LogP contribution in [0, 0.1) is 16.7 Å². The maximum atomic E-state index is 9.18. The fraction of sp³-hybridized carbons (Fsp3) is 0.381. The van der Waals surface area contributed by atoms with Crippen LogP contribution in [-0.2, 0) is 11.8 Å². The molecule has 1 heteroatoms. The van der Waals surface area contributed by atoms with Gasteiger partial charge in [-0.15, -0.1) is 0 Å². The number of nitrogens with zero attached hydrogens (tertiary/aromatic N) is 1. The quantitative estimate of drug-likeness (QED) is 0.684. The van der Waals surface area contributed by atoms with Crippen LogP contribution in [0.2, 0.25) is 0 Å². The SMILES string of the molecule is CC(C)(C)Cc1ccc2c(c1)-c1ccc(C#N)cc1C2(C)C. The molecule has 0 saturated carbocycles. The minimum Gasteiger partial charge on any atom is -0.192 e. The van der Waals surface area contributed by atoms with Crippen molar-refractivity contribution in [2.75, 3.05) is 0 Å². The maximum Gasteiger partial charge on any atom is 0.0991 e. The second-order valence-electron chi connectivity index (χ2n) is 8.11. The van der Waals surface area contributed by atoms with Crippen LogP contribution in [0.5, 0.6) is 0 Å². The van der Waals surface area contributed by atoms with E-state index in [1.54, 1.807) is 0 Å². The summed E-state index contributed by atoms with van der Waals surface area (Å²) in [6.45, 7) is 11.3. The van der Waals surface area contributed by atoms with Crippen LogP contribution in [0.3, 0.4) is 0 Å². The van der Waals surface area contributed by atoms with E-state index in [0.717, 1.165) is 12.0 Å². The summed E-state index contributed by atoms with van der Waals surface area (Å²) in [5.74, 6) is 0. The Kier molecular flexibility index (Phi) is 3.18. The van der Waals surface area contributed by atoms with Crippen LogP contribution in [0.1, 0.15) is 56.9 Å². The van der Waals surface area contributed by atoms with Crippen molar-refractivity contribution >= 4 is 0 Å². The van der Waals surface area contributed by atoms with Crippen LogP contribution in [-0.4, -0.2) is 0 Å². The van der Waals surface area contributed by atoms with Crippen LogP contribution < -0.4 is 0 Å². The summed E-state index contributed by atoms with van der Waals surface area (Å²) in [7, 11) is 0. The van der Waals surface area contributed by atoms with Gasteiger partial charge in [0.1, 0.15) is 0 Å². The van der Waals surface area contributed by atoms with Gasteiger partial charge in [-0.3, -0.25) is 0 Å². The van der Waals surface area contributed by atoms with E-state index in [1.165, 1.54) is 27.8 Å². The minimum absolute atomic E-state index is 0.0300. The molecular formula is C21H23N. The number of fused-ring (bicyclic) bond motifs is 3. The molecule has 0 N–H and O–H groups in total. The highest BCUT2D eigenvalue weighted by atomic mass is 14.4. The predicted octanol–water partition coefficient (Wildman–Crippen LogP) is 5.45. The standard InChI is InChI=1S/C21H23N/c1-20(2,3)12-14-7-9-18-17(10-14)16-8-6-15(13-22)11-19(16)21(18,4)5/h6-11H,12H2,1-5H3. The van der Waals surface area contributed by atoms with Crippen molar-refractivity contribution < 1.29 is 0 Å². The number of nitriles is 1. The molecule has 0 aromatic heterocycles. The first-order chi connectivity index (χ1) is 10.2. The van der Waals surface area contributed by atoms with Crippen molar-refractivity contribution in [1.29, 1.82) is 5.26 Å². The lowest BCUT2D eigenvalue weighted by molar-refractivity contribution is 0.411. The van der Waals surface area contributed by atoms with Gasteiger partial charge in [-0.1, -0.05) is 58.9 Å². The van der Waals surface area contributed by atoms with Crippen molar-refractivity contribution in [3.63, 3.8) is 0 Å². The van der Waals surface area contributed by atoms with E-state index >= 15 is 0 Å². The Hall–Kier alpha value is -2.07. The van der Waals surface area contributed by atoms with Gasteiger partial charge >= 0.3 is 0 Å². The minimum atomic E-state index is -0.0300. The van der Waals surface area contributed by atoms with Gasteiger partial charge in [0.25, 0.3) is 0 Å². The van der Waals surface area contributed by atoms with Gasteiger partial charge in [0, 0.05) is 5.41 Å². The molecule has 22 heavy (non-hydrogen) atoms. The molecule has 0 radical (unpaired) electrons. The molecule has 2 aromatic carbocycles. The summed E-state index contributed by atoms with van der Waals surface area (Å²) >= 11 is 0. The Morgan fingerprint density at radius 3 is 2.32 bits per heavy atom.